The summed E-state index contributed by atoms with van der Waals surface area (Å²) in [7, 11) is 0. The van der Waals surface area contributed by atoms with Crippen LogP contribution in [0.4, 0.5) is 11.7 Å². The van der Waals surface area contributed by atoms with E-state index in [4.69, 9.17) is 10.2 Å². The van der Waals surface area contributed by atoms with Gasteiger partial charge < -0.3 is 15.5 Å². The van der Waals surface area contributed by atoms with Crippen LogP contribution >= 0.6 is 0 Å². The highest BCUT2D eigenvalue weighted by molar-refractivity contribution is 5.77. The summed E-state index contributed by atoms with van der Waals surface area (Å²) in [4.78, 5) is 4.38. The molecular formula is C14H19N3O. The van der Waals surface area contributed by atoms with Crippen molar-refractivity contribution >= 4 is 22.8 Å². The summed E-state index contributed by atoms with van der Waals surface area (Å²) in [5.74, 6) is 0.887. The molecule has 1 aromatic carbocycles. The molecule has 1 heterocycles. The van der Waals surface area contributed by atoms with Gasteiger partial charge in [0.25, 0.3) is 6.01 Å². The first-order valence-electron chi connectivity index (χ1n) is 6.71. The zero-order valence-electron chi connectivity index (χ0n) is 10.5. The molecule has 4 heteroatoms. The Morgan fingerprint density at radius 3 is 3.00 bits per heavy atom. The predicted molar refractivity (Wildman–Crippen MR) is 73.5 cm³/mol. The highest BCUT2D eigenvalue weighted by Gasteiger charge is 2.14. The van der Waals surface area contributed by atoms with Gasteiger partial charge in [0.15, 0.2) is 5.58 Å². The Morgan fingerprint density at radius 1 is 1.33 bits per heavy atom. The molecule has 0 spiro atoms. The van der Waals surface area contributed by atoms with Crippen molar-refractivity contribution in [2.24, 2.45) is 5.92 Å². The van der Waals surface area contributed by atoms with E-state index >= 15 is 0 Å². The fourth-order valence-electron chi connectivity index (χ4n) is 2.70. The normalized spacial score (nSPS) is 16.4. The standard InChI is InChI=1S/C14H19N3O/c15-11-5-6-12-13(9-11)18-14(17-12)16-8-7-10-3-1-2-4-10/h5-6,9-10H,1-4,7-8,15H2,(H,16,17). The van der Waals surface area contributed by atoms with Gasteiger partial charge in [-0.1, -0.05) is 25.7 Å². The Kier molecular flexibility index (Phi) is 3.09. The van der Waals surface area contributed by atoms with E-state index in [1.807, 2.05) is 18.2 Å². The Balaban J connectivity index is 1.60. The second-order valence-electron chi connectivity index (χ2n) is 5.11. The van der Waals surface area contributed by atoms with Crippen LogP contribution in [0.3, 0.4) is 0 Å². The minimum atomic E-state index is 0.605. The molecule has 3 N–H and O–H groups in total. The van der Waals surface area contributed by atoms with E-state index in [-0.39, 0.29) is 0 Å². The van der Waals surface area contributed by atoms with Crippen LogP contribution in [0.15, 0.2) is 22.6 Å². The minimum Gasteiger partial charge on any atom is -0.423 e. The zero-order valence-corrected chi connectivity index (χ0v) is 10.5. The number of nitrogens with one attached hydrogen (secondary N) is 1. The third-order valence-corrected chi connectivity index (χ3v) is 3.72. The Bertz CT molecular complexity index is 529. The number of hydrogen-bond acceptors (Lipinski definition) is 4. The maximum absolute atomic E-state index is 5.71. The van der Waals surface area contributed by atoms with Crippen LogP contribution in [0.2, 0.25) is 0 Å². The molecule has 96 valence electrons. The maximum atomic E-state index is 5.71. The minimum absolute atomic E-state index is 0.605. The van der Waals surface area contributed by atoms with E-state index < -0.39 is 0 Å². The molecule has 0 aliphatic heterocycles. The fraction of sp³-hybridized carbons (Fsp3) is 0.500. The topological polar surface area (TPSA) is 64.1 Å². The molecule has 1 saturated carbocycles. The summed E-state index contributed by atoms with van der Waals surface area (Å²) < 4.78 is 5.61. The van der Waals surface area contributed by atoms with Crippen molar-refractivity contribution in [1.82, 2.24) is 4.98 Å². The van der Waals surface area contributed by atoms with E-state index in [1.165, 1.54) is 32.1 Å². The van der Waals surface area contributed by atoms with Gasteiger partial charge in [-0.25, -0.2) is 0 Å². The van der Waals surface area contributed by atoms with Crippen molar-refractivity contribution < 1.29 is 4.42 Å². The molecule has 0 amide bonds. The lowest BCUT2D eigenvalue weighted by Crippen LogP contribution is -2.06. The van der Waals surface area contributed by atoms with Crippen LogP contribution in [0.1, 0.15) is 32.1 Å². The molecule has 0 unspecified atom stereocenters. The van der Waals surface area contributed by atoms with Gasteiger partial charge in [-0.3, -0.25) is 0 Å². The fourth-order valence-corrected chi connectivity index (χ4v) is 2.70. The quantitative estimate of drug-likeness (QED) is 0.810. The number of oxazole rings is 1. The average molecular weight is 245 g/mol. The lowest BCUT2D eigenvalue weighted by molar-refractivity contribution is 0.512. The Morgan fingerprint density at radius 2 is 2.17 bits per heavy atom. The molecule has 0 saturated heterocycles. The van der Waals surface area contributed by atoms with Crippen molar-refractivity contribution in [3.63, 3.8) is 0 Å². The number of nitrogens with zero attached hydrogens (tertiary/aromatic N) is 1. The van der Waals surface area contributed by atoms with E-state index in [9.17, 15) is 0 Å². The smallest absolute Gasteiger partial charge is 0.295 e. The molecule has 0 radical (unpaired) electrons. The third-order valence-electron chi connectivity index (χ3n) is 3.72. The Hall–Kier alpha value is -1.71. The van der Waals surface area contributed by atoms with Crippen LogP contribution in [0, 0.1) is 5.92 Å². The van der Waals surface area contributed by atoms with Crippen LogP contribution in [-0.4, -0.2) is 11.5 Å². The summed E-state index contributed by atoms with van der Waals surface area (Å²) >= 11 is 0. The van der Waals surface area contributed by atoms with E-state index in [1.54, 1.807) is 0 Å². The number of benzene rings is 1. The van der Waals surface area contributed by atoms with Gasteiger partial charge in [-0.2, -0.15) is 4.98 Å². The summed E-state index contributed by atoms with van der Waals surface area (Å²) in [6.07, 6.45) is 6.76. The van der Waals surface area contributed by atoms with E-state index in [0.717, 1.165) is 23.6 Å². The molecule has 1 aliphatic rings. The number of rotatable bonds is 4. The number of anilines is 2. The van der Waals surface area contributed by atoms with Crippen molar-refractivity contribution in [3.8, 4) is 0 Å². The van der Waals surface area contributed by atoms with Crippen LogP contribution in [0.5, 0.6) is 0 Å². The number of fused-ring (bicyclic) bond motifs is 1. The van der Waals surface area contributed by atoms with Gasteiger partial charge in [0.2, 0.25) is 0 Å². The van der Waals surface area contributed by atoms with Gasteiger partial charge in [0.1, 0.15) is 5.52 Å². The van der Waals surface area contributed by atoms with E-state index in [0.29, 0.717) is 11.7 Å². The van der Waals surface area contributed by atoms with Gasteiger partial charge in [0, 0.05) is 18.3 Å². The Labute approximate surface area is 107 Å². The molecule has 4 nitrogen and oxygen atoms in total. The number of hydrogen-bond donors (Lipinski definition) is 2. The van der Waals surface area contributed by atoms with Crippen LogP contribution in [0.25, 0.3) is 11.1 Å². The molecule has 18 heavy (non-hydrogen) atoms. The second kappa shape index (κ2) is 4.88. The highest BCUT2D eigenvalue weighted by atomic mass is 16.4. The molecule has 0 bridgehead atoms. The number of aromatic nitrogens is 1. The SMILES string of the molecule is Nc1ccc2nc(NCCC3CCCC3)oc2c1. The lowest BCUT2D eigenvalue weighted by atomic mass is 10.0. The molecule has 3 rings (SSSR count). The van der Waals surface area contributed by atoms with Gasteiger partial charge in [-0.15, -0.1) is 0 Å². The predicted octanol–water partition coefficient (Wildman–Crippen LogP) is 3.40. The summed E-state index contributed by atoms with van der Waals surface area (Å²) in [5, 5.41) is 3.26. The van der Waals surface area contributed by atoms with E-state index in [2.05, 4.69) is 10.3 Å². The highest BCUT2D eigenvalue weighted by Crippen LogP contribution is 2.27. The van der Waals surface area contributed by atoms with Gasteiger partial charge in [0.05, 0.1) is 0 Å². The van der Waals surface area contributed by atoms with Gasteiger partial charge >= 0.3 is 0 Å². The first kappa shape index (κ1) is 11.4. The third kappa shape index (κ3) is 2.42. The van der Waals surface area contributed by atoms with Crippen LogP contribution < -0.4 is 11.1 Å². The summed E-state index contributed by atoms with van der Waals surface area (Å²) in [6, 6.07) is 6.14. The largest absolute Gasteiger partial charge is 0.423 e. The first-order valence-corrected chi connectivity index (χ1v) is 6.71. The summed E-state index contributed by atoms with van der Waals surface area (Å²) in [5.41, 5.74) is 8.02. The lowest BCUT2D eigenvalue weighted by Gasteiger charge is -2.07. The molecular weight excluding hydrogens is 226 g/mol. The molecule has 1 aromatic heterocycles. The second-order valence-corrected chi connectivity index (χ2v) is 5.11. The van der Waals surface area contributed by atoms with Crippen molar-refractivity contribution in [2.45, 2.75) is 32.1 Å². The molecule has 1 aliphatic carbocycles. The number of nitrogens with two attached hydrogens (primary N) is 1. The average Bonchev–Trinajstić information content (AvgIpc) is 2.97. The molecule has 2 aromatic rings. The maximum Gasteiger partial charge on any atom is 0.295 e. The zero-order chi connectivity index (χ0) is 12.4. The van der Waals surface area contributed by atoms with Crippen molar-refractivity contribution in [1.29, 1.82) is 0 Å². The first-order chi connectivity index (χ1) is 8.81. The monoisotopic (exact) mass is 245 g/mol. The molecule has 0 atom stereocenters. The van der Waals surface area contributed by atoms with Crippen molar-refractivity contribution in [3.05, 3.63) is 18.2 Å². The van der Waals surface area contributed by atoms with Crippen molar-refractivity contribution in [2.75, 3.05) is 17.6 Å². The molecule has 1 fully saturated rings. The number of nitrogen functional groups attached to an aromatic ring is 1. The summed E-state index contributed by atoms with van der Waals surface area (Å²) in [6.45, 7) is 0.937. The van der Waals surface area contributed by atoms with Crippen LogP contribution in [-0.2, 0) is 0 Å². The van der Waals surface area contributed by atoms with Gasteiger partial charge in [-0.05, 0) is 24.5 Å².